The first kappa shape index (κ1) is 10.8. The molecule has 2 N–H and O–H groups in total. The van der Waals surface area contributed by atoms with Crippen molar-refractivity contribution < 1.29 is 0 Å². The first-order valence-corrected chi connectivity index (χ1v) is 5.73. The fourth-order valence-corrected chi connectivity index (χ4v) is 1.98. The van der Waals surface area contributed by atoms with Gasteiger partial charge in [0.15, 0.2) is 0 Å². The summed E-state index contributed by atoms with van der Waals surface area (Å²) in [6, 6.07) is 9.45. The van der Waals surface area contributed by atoms with Gasteiger partial charge in [0.2, 0.25) is 0 Å². The molecule has 0 fully saturated rings. The second-order valence-electron chi connectivity index (χ2n) is 3.75. The molecule has 0 saturated carbocycles. The van der Waals surface area contributed by atoms with Crippen LogP contribution in [0.15, 0.2) is 42.7 Å². The lowest BCUT2D eigenvalue weighted by Crippen LogP contribution is -2.14. The number of rotatable bonds is 2. The molecular weight excluding hydrogens is 246 g/mol. The molecule has 2 aromatic heterocycles. The van der Waals surface area contributed by atoms with Gasteiger partial charge in [-0.15, -0.1) is 5.10 Å². The predicted molar refractivity (Wildman–Crippen MR) is 72.5 cm³/mol. The van der Waals surface area contributed by atoms with Crippen LogP contribution < -0.4 is 5.73 Å². The SMILES string of the molecule is NC(=S)c1ccncc1-n1nnc2ccccc21. The van der Waals surface area contributed by atoms with E-state index >= 15 is 0 Å². The first-order chi connectivity index (χ1) is 8.77. The Kier molecular flexibility index (Phi) is 2.49. The Morgan fingerprint density at radius 1 is 1.22 bits per heavy atom. The molecule has 0 aliphatic heterocycles. The van der Waals surface area contributed by atoms with E-state index in [2.05, 4.69) is 15.3 Å². The van der Waals surface area contributed by atoms with Crippen LogP contribution in [0.1, 0.15) is 5.56 Å². The molecule has 6 heteroatoms. The first-order valence-electron chi connectivity index (χ1n) is 5.32. The quantitative estimate of drug-likeness (QED) is 0.702. The van der Waals surface area contributed by atoms with E-state index in [-0.39, 0.29) is 0 Å². The molecule has 88 valence electrons. The van der Waals surface area contributed by atoms with E-state index in [0.717, 1.165) is 22.3 Å². The van der Waals surface area contributed by atoms with Crippen molar-refractivity contribution in [1.82, 2.24) is 20.0 Å². The topological polar surface area (TPSA) is 69.6 Å². The summed E-state index contributed by atoms with van der Waals surface area (Å²) in [7, 11) is 0. The molecule has 0 aliphatic carbocycles. The van der Waals surface area contributed by atoms with Gasteiger partial charge in [0.1, 0.15) is 10.5 Å². The van der Waals surface area contributed by atoms with Crippen LogP contribution in [0.3, 0.4) is 0 Å². The van der Waals surface area contributed by atoms with Crippen LogP contribution in [-0.2, 0) is 0 Å². The molecule has 1 aromatic carbocycles. The van der Waals surface area contributed by atoms with Crippen LogP contribution in [0, 0.1) is 0 Å². The minimum atomic E-state index is 0.312. The van der Waals surface area contributed by atoms with Crippen LogP contribution in [0.2, 0.25) is 0 Å². The average molecular weight is 255 g/mol. The molecule has 3 rings (SSSR count). The number of hydrogen-bond acceptors (Lipinski definition) is 4. The number of nitrogens with zero attached hydrogens (tertiary/aromatic N) is 4. The normalized spacial score (nSPS) is 10.7. The number of fused-ring (bicyclic) bond motifs is 1. The summed E-state index contributed by atoms with van der Waals surface area (Å²) in [5, 5.41) is 8.22. The molecule has 0 unspecified atom stereocenters. The molecule has 0 saturated heterocycles. The van der Waals surface area contributed by atoms with Crippen molar-refractivity contribution >= 4 is 28.2 Å². The predicted octanol–water partition coefficient (Wildman–Crippen LogP) is 1.45. The van der Waals surface area contributed by atoms with Gasteiger partial charge in [-0.3, -0.25) is 4.98 Å². The maximum Gasteiger partial charge on any atom is 0.113 e. The van der Waals surface area contributed by atoms with Crippen molar-refractivity contribution in [3.8, 4) is 5.69 Å². The minimum absolute atomic E-state index is 0.312. The number of hydrogen-bond donors (Lipinski definition) is 1. The van der Waals surface area contributed by atoms with Crippen molar-refractivity contribution in [1.29, 1.82) is 0 Å². The summed E-state index contributed by atoms with van der Waals surface area (Å²) >= 11 is 5.03. The van der Waals surface area contributed by atoms with Gasteiger partial charge in [-0.1, -0.05) is 29.6 Å². The molecule has 5 nitrogen and oxygen atoms in total. The zero-order valence-corrected chi connectivity index (χ0v) is 10.1. The van der Waals surface area contributed by atoms with Crippen molar-refractivity contribution in [2.24, 2.45) is 5.73 Å². The van der Waals surface area contributed by atoms with Gasteiger partial charge in [-0.2, -0.15) is 0 Å². The summed E-state index contributed by atoms with van der Waals surface area (Å²) in [6.45, 7) is 0. The van der Waals surface area contributed by atoms with Gasteiger partial charge in [-0.05, 0) is 18.2 Å². The summed E-state index contributed by atoms with van der Waals surface area (Å²) in [5.74, 6) is 0. The summed E-state index contributed by atoms with van der Waals surface area (Å²) < 4.78 is 1.69. The zero-order valence-electron chi connectivity index (χ0n) is 9.32. The van der Waals surface area contributed by atoms with E-state index < -0.39 is 0 Å². The van der Waals surface area contributed by atoms with E-state index in [0.29, 0.717) is 4.99 Å². The molecule has 3 aromatic rings. The minimum Gasteiger partial charge on any atom is -0.389 e. The lowest BCUT2D eigenvalue weighted by Gasteiger charge is -2.07. The van der Waals surface area contributed by atoms with Crippen molar-refractivity contribution in [2.75, 3.05) is 0 Å². The van der Waals surface area contributed by atoms with Gasteiger partial charge < -0.3 is 5.73 Å². The molecule has 2 heterocycles. The Morgan fingerprint density at radius 3 is 2.89 bits per heavy atom. The Labute approximate surface area is 108 Å². The zero-order chi connectivity index (χ0) is 12.5. The number of pyridine rings is 1. The third-order valence-electron chi connectivity index (χ3n) is 2.65. The van der Waals surface area contributed by atoms with Gasteiger partial charge in [0.05, 0.1) is 17.4 Å². The molecule has 0 atom stereocenters. The van der Waals surface area contributed by atoms with Crippen molar-refractivity contribution in [3.63, 3.8) is 0 Å². The van der Waals surface area contributed by atoms with Gasteiger partial charge in [0.25, 0.3) is 0 Å². The van der Waals surface area contributed by atoms with Gasteiger partial charge in [-0.25, -0.2) is 4.68 Å². The third kappa shape index (κ3) is 1.63. The second kappa shape index (κ2) is 4.15. The van der Waals surface area contributed by atoms with Crippen LogP contribution in [0.4, 0.5) is 0 Å². The Balaban J connectivity index is 2.30. The number of aromatic nitrogens is 4. The maximum atomic E-state index is 5.71. The number of para-hydroxylation sites is 1. The number of thiocarbonyl (C=S) groups is 1. The Bertz CT molecular complexity index is 734. The van der Waals surface area contributed by atoms with Gasteiger partial charge >= 0.3 is 0 Å². The van der Waals surface area contributed by atoms with Crippen molar-refractivity contribution in [2.45, 2.75) is 0 Å². The summed E-state index contributed by atoms with van der Waals surface area (Å²) in [5.41, 5.74) is 8.88. The smallest absolute Gasteiger partial charge is 0.113 e. The molecule has 0 bridgehead atoms. The van der Waals surface area contributed by atoms with Crippen LogP contribution in [-0.4, -0.2) is 25.0 Å². The fraction of sp³-hybridized carbons (Fsp3) is 0. The highest BCUT2D eigenvalue weighted by atomic mass is 32.1. The molecule has 18 heavy (non-hydrogen) atoms. The van der Waals surface area contributed by atoms with Crippen LogP contribution >= 0.6 is 12.2 Å². The van der Waals surface area contributed by atoms with E-state index in [4.69, 9.17) is 18.0 Å². The number of benzene rings is 1. The highest BCUT2D eigenvalue weighted by Gasteiger charge is 2.11. The second-order valence-corrected chi connectivity index (χ2v) is 4.19. The lowest BCUT2D eigenvalue weighted by molar-refractivity contribution is 0.819. The van der Waals surface area contributed by atoms with E-state index in [1.807, 2.05) is 24.3 Å². The van der Waals surface area contributed by atoms with Gasteiger partial charge in [0, 0.05) is 11.8 Å². The standard InChI is InChI=1S/C12H9N5S/c13-12(18)8-5-6-14-7-11(8)17-10-4-2-1-3-9(10)15-16-17/h1-7H,(H2,13,18). The largest absolute Gasteiger partial charge is 0.389 e. The monoisotopic (exact) mass is 255 g/mol. The fourth-order valence-electron chi connectivity index (χ4n) is 1.81. The summed E-state index contributed by atoms with van der Waals surface area (Å²) in [6.07, 6.45) is 3.33. The van der Waals surface area contributed by atoms with Crippen LogP contribution in [0.25, 0.3) is 16.7 Å². The average Bonchev–Trinajstić information content (AvgIpc) is 2.82. The maximum absolute atomic E-state index is 5.71. The molecule has 0 radical (unpaired) electrons. The Morgan fingerprint density at radius 2 is 2.06 bits per heavy atom. The molecule has 0 amide bonds. The third-order valence-corrected chi connectivity index (χ3v) is 2.87. The summed E-state index contributed by atoms with van der Waals surface area (Å²) in [4.78, 5) is 4.40. The highest BCUT2D eigenvalue weighted by Crippen LogP contribution is 2.18. The van der Waals surface area contributed by atoms with E-state index in [9.17, 15) is 0 Å². The molecule has 0 spiro atoms. The van der Waals surface area contributed by atoms with E-state index in [1.165, 1.54) is 0 Å². The number of nitrogens with two attached hydrogens (primary N) is 1. The van der Waals surface area contributed by atoms with E-state index in [1.54, 1.807) is 23.1 Å². The van der Waals surface area contributed by atoms with Crippen LogP contribution in [0.5, 0.6) is 0 Å². The lowest BCUT2D eigenvalue weighted by atomic mass is 10.2. The van der Waals surface area contributed by atoms with Crippen molar-refractivity contribution in [3.05, 3.63) is 48.3 Å². The Hall–Kier alpha value is -2.34. The highest BCUT2D eigenvalue weighted by molar-refractivity contribution is 7.80. The molecular formula is C12H9N5S. The molecule has 0 aliphatic rings.